The highest BCUT2D eigenvalue weighted by molar-refractivity contribution is 5.94. The fourth-order valence-electron chi connectivity index (χ4n) is 1.50. The van der Waals surface area contributed by atoms with Crippen LogP contribution < -0.4 is 10.1 Å². The van der Waals surface area contributed by atoms with Crippen molar-refractivity contribution in [3.63, 3.8) is 0 Å². The molecule has 4 heteroatoms. The third kappa shape index (κ3) is 3.75. The molecule has 0 aliphatic heterocycles. The van der Waals surface area contributed by atoms with Crippen LogP contribution in [0.4, 0.5) is 0 Å². The smallest absolute Gasteiger partial charge is 0.251 e. The highest BCUT2D eigenvalue weighted by atomic mass is 16.5. The summed E-state index contributed by atoms with van der Waals surface area (Å²) in [5.74, 6) is 0.637. The second-order valence-corrected chi connectivity index (χ2v) is 3.66. The van der Waals surface area contributed by atoms with E-state index in [1.807, 2.05) is 0 Å². The van der Waals surface area contributed by atoms with Crippen LogP contribution >= 0.6 is 0 Å². The van der Waals surface area contributed by atoms with Crippen LogP contribution in [0.2, 0.25) is 0 Å². The third-order valence-corrected chi connectivity index (χ3v) is 2.38. The molecule has 4 nitrogen and oxygen atoms in total. The Morgan fingerprint density at radius 2 is 2.18 bits per heavy atom. The van der Waals surface area contributed by atoms with Gasteiger partial charge in [0, 0.05) is 24.8 Å². The van der Waals surface area contributed by atoms with Gasteiger partial charge in [0.25, 0.3) is 5.91 Å². The van der Waals surface area contributed by atoms with Gasteiger partial charge < -0.3 is 14.8 Å². The lowest BCUT2D eigenvalue weighted by Gasteiger charge is -2.10. The Bertz CT molecular complexity index is 377. The molecule has 0 saturated heterocycles. The Morgan fingerprint density at radius 1 is 1.41 bits per heavy atom. The Labute approximate surface area is 102 Å². The first-order valence-corrected chi connectivity index (χ1v) is 5.69. The quantitative estimate of drug-likeness (QED) is 0.770. The zero-order valence-electron chi connectivity index (χ0n) is 10.6. The number of amides is 1. The molecule has 0 atom stereocenters. The van der Waals surface area contributed by atoms with Gasteiger partial charge in [-0.3, -0.25) is 4.79 Å². The molecule has 0 fully saturated rings. The topological polar surface area (TPSA) is 47.6 Å². The van der Waals surface area contributed by atoms with Crippen molar-refractivity contribution >= 4 is 5.91 Å². The van der Waals surface area contributed by atoms with E-state index in [9.17, 15) is 4.79 Å². The lowest BCUT2D eigenvalue weighted by molar-refractivity contribution is 0.0962. The summed E-state index contributed by atoms with van der Waals surface area (Å²) in [4.78, 5) is 11.5. The summed E-state index contributed by atoms with van der Waals surface area (Å²) >= 11 is 0. The van der Waals surface area contributed by atoms with E-state index < -0.39 is 0 Å². The average molecular weight is 237 g/mol. The zero-order valence-corrected chi connectivity index (χ0v) is 10.6. The molecule has 0 bridgehead atoms. The summed E-state index contributed by atoms with van der Waals surface area (Å²) in [7, 11) is 3.22. The number of rotatable bonds is 6. The van der Waals surface area contributed by atoms with Gasteiger partial charge in [0.1, 0.15) is 5.75 Å². The van der Waals surface area contributed by atoms with Gasteiger partial charge in [-0.2, -0.15) is 0 Å². The molecule has 0 aliphatic rings. The number of carbonyl (C=O) groups excluding carboxylic acids is 1. The van der Waals surface area contributed by atoms with Crippen molar-refractivity contribution < 1.29 is 14.3 Å². The van der Waals surface area contributed by atoms with E-state index in [0.717, 1.165) is 17.7 Å². The lowest BCUT2D eigenvalue weighted by atomic mass is 10.1. The fourth-order valence-corrected chi connectivity index (χ4v) is 1.50. The van der Waals surface area contributed by atoms with E-state index in [0.29, 0.717) is 18.8 Å². The summed E-state index contributed by atoms with van der Waals surface area (Å²) in [6, 6.07) is 5.32. The molecule has 0 spiro atoms. The molecule has 0 saturated carbocycles. The summed E-state index contributed by atoms with van der Waals surface area (Å²) in [5.41, 5.74) is 1.51. The first kappa shape index (κ1) is 13.5. The molecule has 1 aromatic carbocycles. The summed E-state index contributed by atoms with van der Waals surface area (Å²) in [5, 5.41) is 2.59. The molecule has 1 amide bonds. The van der Waals surface area contributed by atoms with E-state index in [-0.39, 0.29) is 5.91 Å². The molecule has 1 N–H and O–H groups in total. The highest BCUT2D eigenvalue weighted by Crippen LogP contribution is 2.20. The fraction of sp³-hybridized carbons (Fsp3) is 0.462. The van der Waals surface area contributed by atoms with Gasteiger partial charge in [-0.1, -0.05) is 6.92 Å². The number of methoxy groups -OCH3 is 1. The monoisotopic (exact) mass is 237 g/mol. The highest BCUT2D eigenvalue weighted by Gasteiger charge is 2.08. The first-order chi connectivity index (χ1) is 8.22. The number of hydrogen-bond acceptors (Lipinski definition) is 3. The molecule has 1 aromatic rings. The number of hydrogen-bond donors (Lipinski definition) is 1. The molecular formula is C13H19NO3. The van der Waals surface area contributed by atoms with Crippen LogP contribution in [0.15, 0.2) is 18.2 Å². The minimum absolute atomic E-state index is 0.107. The van der Waals surface area contributed by atoms with Crippen LogP contribution in [-0.2, 0) is 11.3 Å². The van der Waals surface area contributed by atoms with Crippen LogP contribution in [0.1, 0.15) is 29.3 Å². The van der Waals surface area contributed by atoms with Gasteiger partial charge in [-0.05, 0) is 24.6 Å². The van der Waals surface area contributed by atoms with Crippen LogP contribution in [0.5, 0.6) is 5.75 Å². The molecule has 0 aliphatic carbocycles. The number of ether oxygens (including phenoxy) is 2. The van der Waals surface area contributed by atoms with Crippen molar-refractivity contribution in [2.24, 2.45) is 0 Å². The van der Waals surface area contributed by atoms with Crippen LogP contribution in [-0.4, -0.2) is 26.7 Å². The van der Waals surface area contributed by atoms with Gasteiger partial charge in [-0.25, -0.2) is 0 Å². The van der Waals surface area contributed by atoms with Crippen molar-refractivity contribution in [3.05, 3.63) is 29.3 Å². The summed E-state index contributed by atoms with van der Waals surface area (Å²) in [6.07, 6.45) is 0.970. The predicted molar refractivity (Wildman–Crippen MR) is 66.3 cm³/mol. The first-order valence-electron chi connectivity index (χ1n) is 5.69. The zero-order chi connectivity index (χ0) is 12.7. The molecule has 17 heavy (non-hydrogen) atoms. The van der Waals surface area contributed by atoms with E-state index in [2.05, 4.69) is 12.2 Å². The molecule has 0 aromatic heterocycles. The maximum atomic E-state index is 11.5. The van der Waals surface area contributed by atoms with Crippen LogP contribution in [0.25, 0.3) is 0 Å². The van der Waals surface area contributed by atoms with Crippen molar-refractivity contribution in [2.75, 3.05) is 20.8 Å². The predicted octanol–water partition coefficient (Wildman–Crippen LogP) is 1.98. The Balaban J connectivity index is 2.86. The lowest BCUT2D eigenvalue weighted by Crippen LogP contribution is -2.18. The van der Waals surface area contributed by atoms with Gasteiger partial charge in [0.05, 0.1) is 13.7 Å². The Hall–Kier alpha value is -1.55. The number of benzene rings is 1. The summed E-state index contributed by atoms with van der Waals surface area (Å²) < 4.78 is 10.7. The Kier molecular flexibility index (Phi) is 5.49. The van der Waals surface area contributed by atoms with Gasteiger partial charge in [0.15, 0.2) is 0 Å². The molecular weight excluding hydrogens is 218 g/mol. The normalized spacial score (nSPS) is 10.1. The van der Waals surface area contributed by atoms with Crippen LogP contribution in [0, 0.1) is 0 Å². The van der Waals surface area contributed by atoms with E-state index in [4.69, 9.17) is 9.47 Å². The summed E-state index contributed by atoms with van der Waals surface area (Å²) in [6.45, 7) is 3.22. The minimum Gasteiger partial charge on any atom is -0.496 e. The minimum atomic E-state index is -0.107. The maximum absolute atomic E-state index is 11.5. The van der Waals surface area contributed by atoms with Crippen molar-refractivity contribution in [1.29, 1.82) is 0 Å². The SMILES string of the molecule is CCCOCc1cc(C(=O)NC)ccc1OC. The molecule has 0 heterocycles. The molecule has 1 rings (SSSR count). The van der Waals surface area contributed by atoms with Crippen LogP contribution in [0.3, 0.4) is 0 Å². The molecule has 0 unspecified atom stereocenters. The standard InChI is InChI=1S/C13H19NO3/c1-4-7-17-9-11-8-10(13(15)14-2)5-6-12(11)16-3/h5-6,8H,4,7,9H2,1-3H3,(H,14,15). The van der Waals surface area contributed by atoms with Gasteiger partial charge in [0.2, 0.25) is 0 Å². The largest absolute Gasteiger partial charge is 0.496 e. The third-order valence-electron chi connectivity index (χ3n) is 2.38. The van der Waals surface area contributed by atoms with Crippen molar-refractivity contribution in [1.82, 2.24) is 5.32 Å². The van der Waals surface area contributed by atoms with E-state index in [1.54, 1.807) is 32.4 Å². The number of nitrogens with one attached hydrogen (secondary N) is 1. The molecule has 0 radical (unpaired) electrons. The average Bonchev–Trinajstić information content (AvgIpc) is 2.38. The maximum Gasteiger partial charge on any atom is 0.251 e. The second kappa shape index (κ2) is 6.91. The van der Waals surface area contributed by atoms with Crippen molar-refractivity contribution in [3.8, 4) is 5.75 Å². The van der Waals surface area contributed by atoms with Crippen molar-refractivity contribution in [2.45, 2.75) is 20.0 Å². The van der Waals surface area contributed by atoms with Gasteiger partial charge in [-0.15, -0.1) is 0 Å². The van der Waals surface area contributed by atoms with E-state index >= 15 is 0 Å². The number of carbonyl (C=O) groups is 1. The Morgan fingerprint density at radius 3 is 2.76 bits per heavy atom. The van der Waals surface area contributed by atoms with E-state index in [1.165, 1.54) is 0 Å². The molecule has 94 valence electrons. The second-order valence-electron chi connectivity index (χ2n) is 3.66. The van der Waals surface area contributed by atoms with Gasteiger partial charge >= 0.3 is 0 Å².